The number of benzene rings is 2. The molecule has 1 atom stereocenters. The Bertz CT molecular complexity index is 1100. The summed E-state index contributed by atoms with van der Waals surface area (Å²) in [6, 6.07) is 12.5. The Kier molecular flexibility index (Phi) is 7.69. The summed E-state index contributed by atoms with van der Waals surface area (Å²) in [5.41, 5.74) is 3.07. The molecule has 1 aliphatic rings. The fraction of sp³-hybridized carbons (Fsp3) is 0.417. The molecular formula is C24H31N3O4S. The van der Waals surface area contributed by atoms with E-state index in [-0.39, 0.29) is 12.6 Å². The lowest BCUT2D eigenvalue weighted by atomic mass is 10.0. The van der Waals surface area contributed by atoms with Crippen LogP contribution in [0, 0.1) is 20.8 Å². The highest BCUT2D eigenvalue weighted by molar-refractivity contribution is 7.89. The zero-order valence-corrected chi connectivity index (χ0v) is 19.7. The van der Waals surface area contributed by atoms with Crippen LogP contribution in [-0.2, 0) is 19.6 Å². The van der Waals surface area contributed by atoms with Crippen molar-refractivity contribution in [3.8, 4) is 0 Å². The van der Waals surface area contributed by atoms with Crippen molar-refractivity contribution in [1.82, 2.24) is 9.62 Å². The number of anilines is 1. The molecule has 1 aliphatic heterocycles. The molecule has 1 fully saturated rings. The van der Waals surface area contributed by atoms with Gasteiger partial charge in [0.15, 0.2) is 0 Å². The number of sulfonamides is 1. The number of piperidine rings is 1. The molecule has 0 radical (unpaired) electrons. The molecule has 1 saturated heterocycles. The summed E-state index contributed by atoms with van der Waals surface area (Å²) < 4.78 is 28.3. The highest BCUT2D eigenvalue weighted by Gasteiger charge is 2.34. The van der Waals surface area contributed by atoms with Crippen molar-refractivity contribution in [2.24, 2.45) is 0 Å². The number of aryl methyl sites for hydroxylation is 3. The van der Waals surface area contributed by atoms with Crippen molar-refractivity contribution in [2.45, 2.75) is 57.4 Å². The van der Waals surface area contributed by atoms with Crippen LogP contribution >= 0.6 is 0 Å². The van der Waals surface area contributed by atoms with Gasteiger partial charge in [-0.2, -0.15) is 4.31 Å². The Morgan fingerprint density at radius 1 is 1.00 bits per heavy atom. The van der Waals surface area contributed by atoms with Gasteiger partial charge in [-0.15, -0.1) is 0 Å². The van der Waals surface area contributed by atoms with Gasteiger partial charge >= 0.3 is 11.8 Å². The average Bonchev–Trinajstić information content (AvgIpc) is 2.77. The average molecular weight is 458 g/mol. The first kappa shape index (κ1) is 23.9. The molecule has 3 rings (SSSR count). The van der Waals surface area contributed by atoms with Gasteiger partial charge in [-0.3, -0.25) is 9.59 Å². The Morgan fingerprint density at radius 2 is 1.75 bits per heavy atom. The van der Waals surface area contributed by atoms with Gasteiger partial charge in [0.1, 0.15) is 0 Å². The second kappa shape index (κ2) is 10.3. The number of rotatable bonds is 6. The van der Waals surface area contributed by atoms with Crippen LogP contribution in [0.4, 0.5) is 5.69 Å². The number of hydrogen-bond acceptors (Lipinski definition) is 4. The van der Waals surface area contributed by atoms with E-state index < -0.39 is 21.8 Å². The van der Waals surface area contributed by atoms with Crippen molar-refractivity contribution < 1.29 is 18.0 Å². The minimum absolute atomic E-state index is 0.214. The first-order chi connectivity index (χ1) is 15.2. The highest BCUT2D eigenvalue weighted by atomic mass is 32.2. The fourth-order valence-corrected chi connectivity index (χ4v) is 6.05. The number of hydrogen-bond donors (Lipinski definition) is 2. The summed E-state index contributed by atoms with van der Waals surface area (Å²) >= 11 is 0. The molecule has 0 bridgehead atoms. The number of nitrogens with one attached hydrogen (secondary N) is 2. The van der Waals surface area contributed by atoms with Crippen LogP contribution in [0.2, 0.25) is 0 Å². The maximum Gasteiger partial charge on any atom is 0.313 e. The van der Waals surface area contributed by atoms with Gasteiger partial charge in [0.25, 0.3) is 0 Å². The molecule has 0 aliphatic carbocycles. The topological polar surface area (TPSA) is 95.6 Å². The number of para-hydroxylation sites is 1. The van der Waals surface area contributed by atoms with Gasteiger partial charge < -0.3 is 10.6 Å². The van der Waals surface area contributed by atoms with Crippen LogP contribution in [0.1, 0.15) is 42.4 Å². The normalized spacial score (nSPS) is 17.0. The molecule has 0 saturated carbocycles. The Hall–Kier alpha value is -2.71. The van der Waals surface area contributed by atoms with E-state index in [1.807, 2.05) is 38.1 Å². The van der Waals surface area contributed by atoms with Gasteiger partial charge in [0.2, 0.25) is 10.0 Å². The first-order valence-electron chi connectivity index (χ1n) is 10.9. The van der Waals surface area contributed by atoms with E-state index >= 15 is 0 Å². The van der Waals surface area contributed by atoms with E-state index in [1.165, 1.54) is 0 Å². The third-order valence-electron chi connectivity index (χ3n) is 5.87. The molecule has 0 aromatic heterocycles. The van der Waals surface area contributed by atoms with Crippen LogP contribution in [0.15, 0.2) is 47.4 Å². The van der Waals surface area contributed by atoms with Gasteiger partial charge in [0, 0.05) is 24.8 Å². The summed E-state index contributed by atoms with van der Waals surface area (Å²) in [7, 11) is -3.64. The Balaban J connectivity index is 1.62. The van der Waals surface area contributed by atoms with Crippen molar-refractivity contribution in [3.05, 3.63) is 59.2 Å². The van der Waals surface area contributed by atoms with E-state index in [0.717, 1.165) is 36.0 Å². The van der Waals surface area contributed by atoms with Gasteiger partial charge in [0.05, 0.1) is 4.90 Å². The van der Waals surface area contributed by atoms with E-state index in [9.17, 15) is 18.0 Å². The quantitative estimate of drug-likeness (QED) is 0.651. The molecule has 7 nitrogen and oxygen atoms in total. The number of carbonyl (C=O) groups is 2. The summed E-state index contributed by atoms with van der Waals surface area (Å²) in [5, 5.41) is 5.24. The zero-order valence-electron chi connectivity index (χ0n) is 18.8. The molecule has 172 valence electrons. The van der Waals surface area contributed by atoms with E-state index in [0.29, 0.717) is 23.5 Å². The molecule has 8 heteroatoms. The smallest absolute Gasteiger partial charge is 0.313 e. The van der Waals surface area contributed by atoms with Crippen LogP contribution < -0.4 is 10.6 Å². The molecule has 2 aromatic carbocycles. The lowest BCUT2D eigenvalue weighted by molar-refractivity contribution is -0.136. The SMILES string of the molecule is Cc1ccc(C)c(S(=O)(=O)N2CCCC[C@@H]2CCNC(=O)C(=O)Nc2ccccc2C)c1. The number of nitrogens with zero attached hydrogens (tertiary/aromatic N) is 1. The van der Waals surface area contributed by atoms with Gasteiger partial charge in [-0.1, -0.05) is 36.8 Å². The summed E-state index contributed by atoms with van der Waals surface area (Å²) in [6.45, 7) is 6.22. The lowest BCUT2D eigenvalue weighted by Crippen LogP contribution is -2.46. The second-order valence-corrected chi connectivity index (χ2v) is 10.2. The summed E-state index contributed by atoms with van der Waals surface area (Å²) in [4.78, 5) is 24.8. The van der Waals surface area contributed by atoms with Crippen molar-refractivity contribution in [1.29, 1.82) is 0 Å². The summed E-state index contributed by atoms with van der Waals surface area (Å²) in [6.07, 6.45) is 2.93. The zero-order chi connectivity index (χ0) is 23.3. The van der Waals surface area contributed by atoms with Crippen LogP contribution in [0.3, 0.4) is 0 Å². The van der Waals surface area contributed by atoms with Crippen LogP contribution in [-0.4, -0.2) is 43.7 Å². The van der Waals surface area contributed by atoms with Crippen LogP contribution in [0.5, 0.6) is 0 Å². The third-order valence-corrected chi connectivity index (χ3v) is 7.96. The second-order valence-electron chi connectivity index (χ2n) is 8.35. The highest BCUT2D eigenvalue weighted by Crippen LogP contribution is 2.29. The molecule has 2 amide bonds. The first-order valence-corrected chi connectivity index (χ1v) is 12.4. The maximum absolute atomic E-state index is 13.4. The van der Waals surface area contributed by atoms with Crippen molar-refractivity contribution >= 4 is 27.5 Å². The molecule has 32 heavy (non-hydrogen) atoms. The number of carbonyl (C=O) groups excluding carboxylic acids is 2. The Morgan fingerprint density at radius 3 is 2.50 bits per heavy atom. The van der Waals surface area contributed by atoms with E-state index in [4.69, 9.17) is 0 Å². The van der Waals surface area contributed by atoms with Crippen molar-refractivity contribution in [3.63, 3.8) is 0 Å². The minimum Gasteiger partial charge on any atom is -0.348 e. The predicted molar refractivity (Wildman–Crippen MR) is 125 cm³/mol. The maximum atomic E-state index is 13.4. The molecule has 1 heterocycles. The van der Waals surface area contributed by atoms with E-state index in [1.54, 1.807) is 29.4 Å². The van der Waals surface area contributed by atoms with Gasteiger partial charge in [-0.25, -0.2) is 8.42 Å². The third kappa shape index (κ3) is 5.55. The molecular weight excluding hydrogens is 426 g/mol. The molecule has 2 N–H and O–H groups in total. The standard InChI is InChI=1S/C24H31N3O4S/c1-17-11-12-19(3)22(16-17)32(30,31)27-15-7-6-9-20(27)13-14-25-23(28)24(29)26-21-10-5-4-8-18(21)2/h4-5,8,10-12,16,20H,6-7,9,13-15H2,1-3H3,(H,25,28)(H,26,29)/t20-/m1/s1. The minimum atomic E-state index is -3.64. The molecule has 0 unspecified atom stereocenters. The lowest BCUT2D eigenvalue weighted by Gasteiger charge is -2.35. The van der Waals surface area contributed by atoms with Crippen LogP contribution in [0.25, 0.3) is 0 Å². The van der Waals surface area contributed by atoms with E-state index in [2.05, 4.69) is 10.6 Å². The monoisotopic (exact) mass is 457 g/mol. The largest absolute Gasteiger partial charge is 0.348 e. The number of amides is 2. The summed E-state index contributed by atoms with van der Waals surface area (Å²) in [5.74, 6) is -1.46. The molecule has 2 aromatic rings. The Labute approximate surface area is 190 Å². The van der Waals surface area contributed by atoms with Gasteiger partial charge in [-0.05, 0) is 68.9 Å². The van der Waals surface area contributed by atoms with Crippen molar-refractivity contribution in [2.75, 3.05) is 18.4 Å². The fourth-order valence-electron chi connectivity index (χ4n) is 4.02. The molecule has 0 spiro atoms. The predicted octanol–water partition coefficient (Wildman–Crippen LogP) is 3.30.